The Hall–Kier alpha value is -4.45. The van der Waals surface area contributed by atoms with Crippen LogP contribution in [0.3, 0.4) is 0 Å². The van der Waals surface area contributed by atoms with Crippen molar-refractivity contribution in [2.75, 3.05) is 10.6 Å². The van der Waals surface area contributed by atoms with Gasteiger partial charge in [-0.3, -0.25) is 9.59 Å². The molecule has 0 saturated carbocycles. The Balaban J connectivity index is 1.46. The van der Waals surface area contributed by atoms with Crippen molar-refractivity contribution in [3.05, 3.63) is 107 Å². The van der Waals surface area contributed by atoms with E-state index in [2.05, 4.69) is 20.6 Å². The first-order valence-electron chi connectivity index (χ1n) is 9.82. The molecule has 5 rings (SSSR count). The van der Waals surface area contributed by atoms with Crippen LogP contribution in [0, 0.1) is 0 Å². The molecule has 0 fully saturated rings. The predicted molar refractivity (Wildman–Crippen MR) is 124 cm³/mol. The average Bonchev–Trinajstić information content (AvgIpc) is 2.80. The fourth-order valence-corrected chi connectivity index (χ4v) is 3.59. The van der Waals surface area contributed by atoms with Crippen LogP contribution in [-0.2, 0) is 0 Å². The highest BCUT2D eigenvalue weighted by Crippen LogP contribution is 2.29. The smallest absolute Gasteiger partial charge is 0.257 e. The molecule has 0 saturated heterocycles. The summed E-state index contributed by atoms with van der Waals surface area (Å²) in [7, 11) is 0. The first-order chi connectivity index (χ1) is 15.2. The van der Waals surface area contributed by atoms with Crippen molar-refractivity contribution in [2.45, 2.75) is 0 Å². The van der Waals surface area contributed by atoms with Gasteiger partial charge in [0.1, 0.15) is 5.65 Å². The van der Waals surface area contributed by atoms with Crippen LogP contribution in [0.1, 0.15) is 10.4 Å². The lowest BCUT2D eigenvalue weighted by atomic mass is 10.1. The number of fused-ring (bicyclic) bond motifs is 3. The maximum absolute atomic E-state index is 12.5. The van der Waals surface area contributed by atoms with Gasteiger partial charge in [0.15, 0.2) is 0 Å². The number of rotatable bonds is 4. The highest BCUT2D eigenvalue weighted by Gasteiger charge is 2.11. The maximum atomic E-state index is 12.5. The summed E-state index contributed by atoms with van der Waals surface area (Å²) in [6.45, 7) is 0. The second kappa shape index (κ2) is 7.76. The Bertz CT molecular complexity index is 1460. The molecule has 2 aromatic heterocycles. The Labute approximate surface area is 177 Å². The minimum absolute atomic E-state index is 0.165. The molecule has 0 atom stereocenters. The highest BCUT2D eigenvalue weighted by molar-refractivity contribution is 6.11. The number of carbonyl (C=O) groups excluding carboxylic acids is 1. The average molecular weight is 406 g/mol. The fourth-order valence-electron chi connectivity index (χ4n) is 3.59. The van der Waals surface area contributed by atoms with Gasteiger partial charge in [0.2, 0.25) is 0 Å². The van der Waals surface area contributed by atoms with Gasteiger partial charge in [-0.1, -0.05) is 36.4 Å². The highest BCUT2D eigenvalue weighted by atomic mass is 16.1. The lowest BCUT2D eigenvalue weighted by Gasteiger charge is -2.12. The van der Waals surface area contributed by atoms with E-state index >= 15 is 0 Å². The molecule has 0 aliphatic heterocycles. The molecular formula is C25H18N4O2. The molecule has 0 radical (unpaired) electrons. The monoisotopic (exact) mass is 406 g/mol. The standard InChI is InChI=1S/C25H18N4O2/c30-24(28-17-6-2-1-3-7-17)16-10-12-18(13-11-16)27-21-14-15-26-23-22(21)19-8-4-5-9-20(19)25(31)29-23/h1-15H,(H,28,30)(H2,26,27,29,31). The molecular weight excluding hydrogens is 388 g/mol. The number of carbonyl (C=O) groups is 1. The van der Waals surface area contributed by atoms with E-state index in [4.69, 9.17) is 0 Å². The Morgan fingerprint density at radius 1 is 0.774 bits per heavy atom. The van der Waals surface area contributed by atoms with Crippen LogP contribution in [0.4, 0.5) is 17.1 Å². The zero-order valence-corrected chi connectivity index (χ0v) is 16.4. The molecule has 0 aliphatic carbocycles. The molecule has 6 heteroatoms. The van der Waals surface area contributed by atoms with Gasteiger partial charge >= 0.3 is 0 Å². The number of nitrogens with zero attached hydrogens (tertiary/aromatic N) is 1. The van der Waals surface area contributed by atoms with Crippen molar-refractivity contribution in [3.63, 3.8) is 0 Å². The number of para-hydroxylation sites is 1. The molecule has 0 unspecified atom stereocenters. The van der Waals surface area contributed by atoms with E-state index in [1.165, 1.54) is 0 Å². The predicted octanol–water partition coefficient (Wildman–Crippen LogP) is 5.07. The van der Waals surface area contributed by atoms with Crippen molar-refractivity contribution in [2.24, 2.45) is 0 Å². The van der Waals surface area contributed by atoms with Crippen LogP contribution in [0.25, 0.3) is 21.8 Å². The van der Waals surface area contributed by atoms with Crippen molar-refractivity contribution in [1.29, 1.82) is 0 Å². The summed E-state index contributed by atoms with van der Waals surface area (Å²) in [5.74, 6) is -0.171. The van der Waals surface area contributed by atoms with E-state index in [0.29, 0.717) is 16.6 Å². The van der Waals surface area contributed by atoms with E-state index < -0.39 is 0 Å². The molecule has 0 bridgehead atoms. The molecule has 0 aliphatic rings. The van der Waals surface area contributed by atoms with Crippen LogP contribution in [0.5, 0.6) is 0 Å². The summed E-state index contributed by atoms with van der Waals surface area (Å²) in [6.07, 6.45) is 1.65. The summed E-state index contributed by atoms with van der Waals surface area (Å²) in [6, 6.07) is 25.9. The van der Waals surface area contributed by atoms with E-state index in [1.54, 1.807) is 24.4 Å². The Morgan fingerprint density at radius 2 is 1.48 bits per heavy atom. The number of anilines is 3. The van der Waals surface area contributed by atoms with Crippen LogP contribution in [-0.4, -0.2) is 15.9 Å². The third-order valence-corrected chi connectivity index (χ3v) is 5.08. The topological polar surface area (TPSA) is 86.9 Å². The van der Waals surface area contributed by atoms with E-state index in [1.807, 2.05) is 66.7 Å². The molecule has 150 valence electrons. The second-order valence-electron chi connectivity index (χ2n) is 7.10. The maximum Gasteiger partial charge on any atom is 0.257 e. The normalized spacial score (nSPS) is 10.8. The molecule has 0 spiro atoms. The van der Waals surface area contributed by atoms with Crippen molar-refractivity contribution in [1.82, 2.24) is 9.97 Å². The zero-order valence-electron chi connectivity index (χ0n) is 16.4. The number of hydrogen-bond donors (Lipinski definition) is 3. The van der Waals surface area contributed by atoms with Gasteiger partial charge in [0, 0.05) is 39.3 Å². The fraction of sp³-hybridized carbons (Fsp3) is 0. The molecule has 1 amide bonds. The van der Waals surface area contributed by atoms with Crippen molar-refractivity contribution >= 4 is 44.8 Å². The van der Waals surface area contributed by atoms with E-state index in [-0.39, 0.29) is 11.5 Å². The SMILES string of the molecule is O=C(Nc1ccccc1)c1ccc(Nc2ccnc3[nH]c(=O)c4ccccc4c23)cc1. The number of benzene rings is 3. The van der Waals surface area contributed by atoms with E-state index in [0.717, 1.165) is 27.8 Å². The van der Waals surface area contributed by atoms with Crippen LogP contribution >= 0.6 is 0 Å². The molecule has 31 heavy (non-hydrogen) atoms. The van der Waals surface area contributed by atoms with Gasteiger partial charge in [0.25, 0.3) is 11.5 Å². The second-order valence-corrected chi connectivity index (χ2v) is 7.10. The van der Waals surface area contributed by atoms with Gasteiger partial charge < -0.3 is 15.6 Å². The van der Waals surface area contributed by atoms with Gasteiger partial charge in [0.05, 0.1) is 5.69 Å². The summed E-state index contributed by atoms with van der Waals surface area (Å²) in [5.41, 5.74) is 3.30. The summed E-state index contributed by atoms with van der Waals surface area (Å²) in [4.78, 5) is 32.0. The number of aromatic nitrogens is 2. The number of nitrogens with one attached hydrogen (secondary N) is 3. The summed E-state index contributed by atoms with van der Waals surface area (Å²) in [5, 5.41) is 8.53. The van der Waals surface area contributed by atoms with Crippen LogP contribution < -0.4 is 16.2 Å². The van der Waals surface area contributed by atoms with Crippen molar-refractivity contribution in [3.8, 4) is 0 Å². The number of pyridine rings is 2. The lowest BCUT2D eigenvalue weighted by molar-refractivity contribution is 0.102. The number of amides is 1. The van der Waals surface area contributed by atoms with Gasteiger partial charge in [-0.05, 0) is 48.5 Å². The number of H-pyrrole nitrogens is 1. The lowest BCUT2D eigenvalue weighted by Crippen LogP contribution is -2.11. The van der Waals surface area contributed by atoms with Crippen molar-refractivity contribution < 1.29 is 4.79 Å². The third-order valence-electron chi connectivity index (χ3n) is 5.08. The minimum atomic E-state index is -0.171. The van der Waals surface area contributed by atoms with E-state index in [9.17, 15) is 9.59 Å². The molecule has 3 N–H and O–H groups in total. The first kappa shape index (κ1) is 18.6. The molecule has 3 aromatic carbocycles. The van der Waals surface area contributed by atoms with Gasteiger partial charge in [-0.15, -0.1) is 0 Å². The molecule has 5 aromatic rings. The summed E-state index contributed by atoms with van der Waals surface area (Å²) >= 11 is 0. The van der Waals surface area contributed by atoms with Crippen LogP contribution in [0.15, 0.2) is 95.9 Å². The third kappa shape index (κ3) is 3.62. The quantitative estimate of drug-likeness (QED) is 0.364. The zero-order chi connectivity index (χ0) is 21.2. The Morgan fingerprint density at radius 3 is 2.26 bits per heavy atom. The number of aromatic amines is 1. The minimum Gasteiger partial charge on any atom is -0.355 e. The first-order valence-corrected chi connectivity index (χ1v) is 9.82. The molecule has 6 nitrogen and oxygen atoms in total. The van der Waals surface area contributed by atoms with Gasteiger partial charge in [-0.25, -0.2) is 4.98 Å². The van der Waals surface area contributed by atoms with Gasteiger partial charge in [-0.2, -0.15) is 0 Å². The summed E-state index contributed by atoms with van der Waals surface area (Å²) < 4.78 is 0. The molecule has 2 heterocycles. The Kier molecular flexibility index (Phi) is 4.65. The van der Waals surface area contributed by atoms with Crippen LogP contribution in [0.2, 0.25) is 0 Å². The number of hydrogen-bond acceptors (Lipinski definition) is 4. The largest absolute Gasteiger partial charge is 0.355 e.